The van der Waals surface area contributed by atoms with Gasteiger partial charge in [0, 0.05) is 29.4 Å². The van der Waals surface area contributed by atoms with Crippen LogP contribution >= 0.6 is 11.3 Å². The van der Waals surface area contributed by atoms with Gasteiger partial charge in [0.25, 0.3) is 5.91 Å². The van der Waals surface area contributed by atoms with Crippen LogP contribution in [0.15, 0.2) is 17.5 Å². The van der Waals surface area contributed by atoms with E-state index in [0.717, 1.165) is 16.4 Å². The first-order chi connectivity index (χ1) is 9.49. The van der Waals surface area contributed by atoms with Crippen molar-refractivity contribution in [3.63, 3.8) is 0 Å². The van der Waals surface area contributed by atoms with Crippen LogP contribution < -0.4 is 10.6 Å². The van der Waals surface area contributed by atoms with Gasteiger partial charge < -0.3 is 10.6 Å². The number of amides is 1. The number of pyridine rings is 1. The third-order valence-corrected chi connectivity index (χ3v) is 3.97. The molecule has 0 spiro atoms. The summed E-state index contributed by atoms with van der Waals surface area (Å²) in [5, 5.41) is 8.80. The molecule has 2 aromatic rings. The first kappa shape index (κ1) is 14.5. The summed E-state index contributed by atoms with van der Waals surface area (Å²) in [6.07, 6.45) is 0. The van der Waals surface area contributed by atoms with Crippen LogP contribution in [0.1, 0.15) is 39.7 Å². The van der Waals surface area contributed by atoms with E-state index >= 15 is 0 Å². The van der Waals surface area contributed by atoms with E-state index in [1.54, 1.807) is 30.5 Å². The monoisotopic (exact) mass is 290 g/mol. The zero-order chi connectivity index (χ0) is 14.7. The summed E-state index contributed by atoms with van der Waals surface area (Å²) in [4.78, 5) is 20.9. The molecule has 6 heteroatoms. The second-order valence-corrected chi connectivity index (χ2v) is 5.54. The lowest BCUT2D eigenvalue weighted by atomic mass is 10.2. The molecular formula is C14H18N4OS. The van der Waals surface area contributed by atoms with Gasteiger partial charge in [-0.3, -0.25) is 4.79 Å². The molecule has 0 aromatic carbocycles. The summed E-state index contributed by atoms with van der Waals surface area (Å²) in [6.45, 7) is 5.74. The number of hydrogen-bond donors (Lipinski definition) is 2. The number of aryl methyl sites for hydroxylation is 2. The highest BCUT2D eigenvalue weighted by Gasteiger charge is 2.15. The number of nitrogens with zero attached hydrogens (tertiary/aromatic N) is 2. The number of aromatic nitrogens is 2. The van der Waals surface area contributed by atoms with Crippen LogP contribution in [0.2, 0.25) is 0 Å². The predicted octanol–water partition coefficient (Wildman–Crippen LogP) is 2.69. The van der Waals surface area contributed by atoms with Crippen LogP contribution in [0.3, 0.4) is 0 Å². The molecule has 0 aliphatic heterocycles. The molecule has 1 atom stereocenters. The maximum Gasteiger partial charge on any atom is 0.252 e. The van der Waals surface area contributed by atoms with Crippen molar-refractivity contribution in [3.05, 3.63) is 39.5 Å². The van der Waals surface area contributed by atoms with Crippen molar-refractivity contribution < 1.29 is 4.79 Å². The fraction of sp³-hybridized carbons (Fsp3) is 0.357. The summed E-state index contributed by atoms with van der Waals surface area (Å²) in [6, 6.07) is 3.41. The lowest BCUT2D eigenvalue weighted by Crippen LogP contribution is -2.26. The van der Waals surface area contributed by atoms with Gasteiger partial charge in [-0.15, -0.1) is 11.3 Å². The van der Waals surface area contributed by atoms with Crippen molar-refractivity contribution in [1.82, 2.24) is 15.3 Å². The van der Waals surface area contributed by atoms with Crippen LogP contribution in [-0.4, -0.2) is 22.9 Å². The van der Waals surface area contributed by atoms with E-state index in [-0.39, 0.29) is 11.9 Å². The summed E-state index contributed by atoms with van der Waals surface area (Å²) >= 11 is 1.56. The van der Waals surface area contributed by atoms with Crippen molar-refractivity contribution in [2.75, 3.05) is 12.4 Å². The SMILES string of the molecule is CNc1cc(C(=O)NC(C)c2nc(C)cs2)cc(C)n1. The first-order valence-corrected chi connectivity index (χ1v) is 7.27. The molecule has 1 unspecified atom stereocenters. The minimum Gasteiger partial charge on any atom is -0.373 e. The van der Waals surface area contributed by atoms with Crippen molar-refractivity contribution in [1.29, 1.82) is 0 Å². The molecule has 2 N–H and O–H groups in total. The Bertz CT molecular complexity index is 623. The number of rotatable bonds is 4. The Hall–Kier alpha value is -1.95. The molecule has 0 aliphatic carbocycles. The molecule has 0 radical (unpaired) electrons. The molecular weight excluding hydrogens is 272 g/mol. The summed E-state index contributed by atoms with van der Waals surface area (Å²) in [7, 11) is 1.78. The smallest absolute Gasteiger partial charge is 0.252 e. The van der Waals surface area contributed by atoms with Crippen molar-refractivity contribution >= 4 is 23.1 Å². The number of anilines is 1. The van der Waals surface area contributed by atoms with E-state index < -0.39 is 0 Å². The Morgan fingerprint density at radius 2 is 2.00 bits per heavy atom. The van der Waals surface area contributed by atoms with Crippen LogP contribution in [-0.2, 0) is 0 Å². The topological polar surface area (TPSA) is 66.9 Å². The van der Waals surface area contributed by atoms with Crippen molar-refractivity contribution in [3.8, 4) is 0 Å². The number of carbonyl (C=O) groups is 1. The van der Waals surface area contributed by atoms with Crippen LogP contribution in [0.5, 0.6) is 0 Å². The molecule has 2 heterocycles. The highest BCUT2D eigenvalue weighted by Crippen LogP contribution is 2.18. The van der Waals surface area contributed by atoms with Gasteiger partial charge in [0.2, 0.25) is 0 Å². The number of carbonyl (C=O) groups excluding carboxylic acids is 1. The van der Waals surface area contributed by atoms with Gasteiger partial charge in [0.15, 0.2) is 0 Å². The first-order valence-electron chi connectivity index (χ1n) is 6.39. The fourth-order valence-corrected chi connectivity index (χ4v) is 2.64. The molecule has 1 amide bonds. The van der Waals surface area contributed by atoms with Crippen LogP contribution in [0, 0.1) is 13.8 Å². The van der Waals surface area contributed by atoms with E-state index in [1.165, 1.54) is 0 Å². The van der Waals surface area contributed by atoms with E-state index in [2.05, 4.69) is 20.6 Å². The molecule has 20 heavy (non-hydrogen) atoms. The second-order valence-electron chi connectivity index (χ2n) is 4.65. The van der Waals surface area contributed by atoms with E-state index in [4.69, 9.17) is 0 Å². The van der Waals surface area contributed by atoms with Gasteiger partial charge in [-0.1, -0.05) is 0 Å². The molecule has 0 aliphatic rings. The Kier molecular flexibility index (Phi) is 4.34. The molecule has 5 nitrogen and oxygen atoms in total. The molecule has 0 fully saturated rings. The summed E-state index contributed by atoms with van der Waals surface area (Å²) < 4.78 is 0. The third kappa shape index (κ3) is 3.33. The van der Waals surface area contributed by atoms with Crippen LogP contribution in [0.4, 0.5) is 5.82 Å². The van der Waals surface area contributed by atoms with E-state index in [9.17, 15) is 4.79 Å². The van der Waals surface area contributed by atoms with E-state index in [0.29, 0.717) is 11.4 Å². The second kappa shape index (κ2) is 6.00. The van der Waals surface area contributed by atoms with Crippen molar-refractivity contribution in [2.24, 2.45) is 0 Å². The zero-order valence-electron chi connectivity index (χ0n) is 12.0. The Balaban J connectivity index is 2.13. The molecule has 2 rings (SSSR count). The lowest BCUT2D eigenvalue weighted by Gasteiger charge is -2.12. The van der Waals surface area contributed by atoms with Crippen LogP contribution in [0.25, 0.3) is 0 Å². The molecule has 106 valence electrons. The third-order valence-electron chi connectivity index (χ3n) is 2.83. The van der Waals surface area contributed by atoms with Gasteiger partial charge >= 0.3 is 0 Å². The minimum atomic E-state index is -0.118. The Morgan fingerprint density at radius 1 is 1.25 bits per heavy atom. The molecule has 0 bridgehead atoms. The van der Waals surface area contributed by atoms with Gasteiger partial charge in [-0.2, -0.15) is 0 Å². The Morgan fingerprint density at radius 3 is 2.60 bits per heavy atom. The molecule has 2 aromatic heterocycles. The average molecular weight is 290 g/mol. The zero-order valence-corrected chi connectivity index (χ0v) is 12.8. The lowest BCUT2D eigenvalue weighted by molar-refractivity contribution is 0.0939. The maximum atomic E-state index is 12.3. The molecule has 0 saturated heterocycles. The average Bonchev–Trinajstić information content (AvgIpc) is 2.84. The summed E-state index contributed by atoms with van der Waals surface area (Å²) in [5.41, 5.74) is 2.38. The normalized spacial score (nSPS) is 12.0. The fourth-order valence-electron chi connectivity index (χ4n) is 1.84. The largest absolute Gasteiger partial charge is 0.373 e. The number of thiazole rings is 1. The van der Waals surface area contributed by atoms with Gasteiger partial charge in [0.1, 0.15) is 10.8 Å². The number of nitrogens with one attached hydrogen (secondary N) is 2. The predicted molar refractivity (Wildman–Crippen MR) is 81.3 cm³/mol. The minimum absolute atomic E-state index is 0.104. The van der Waals surface area contributed by atoms with E-state index in [1.807, 2.05) is 26.2 Å². The van der Waals surface area contributed by atoms with Crippen molar-refractivity contribution in [2.45, 2.75) is 26.8 Å². The maximum absolute atomic E-state index is 12.3. The highest BCUT2D eigenvalue weighted by atomic mass is 32.1. The van der Waals surface area contributed by atoms with Gasteiger partial charge in [-0.05, 0) is 32.9 Å². The van der Waals surface area contributed by atoms with Gasteiger partial charge in [0.05, 0.1) is 6.04 Å². The Labute approximate surface area is 122 Å². The quantitative estimate of drug-likeness (QED) is 0.908. The number of hydrogen-bond acceptors (Lipinski definition) is 5. The van der Waals surface area contributed by atoms with Gasteiger partial charge in [-0.25, -0.2) is 9.97 Å². The molecule has 0 saturated carbocycles. The summed E-state index contributed by atoms with van der Waals surface area (Å²) in [5.74, 6) is 0.570. The highest BCUT2D eigenvalue weighted by molar-refractivity contribution is 7.09. The standard InChI is InChI=1S/C14H18N4OS/c1-8-5-11(6-12(15-4)16-8)13(19)18-10(3)14-17-9(2)7-20-14/h5-7,10H,1-4H3,(H,15,16)(H,18,19).